The van der Waals surface area contributed by atoms with E-state index in [0.29, 0.717) is 37.5 Å². The normalized spacial score (nSPS) is 13.5. The van der Waals surface area contributed by atoms with Crippen molar-refractivity contribution in [3.05, 3.63) is 104 Å². The summed E-state index contributed by atoms with van der Waals surface area (Å²) < 4.78 is 37.7. The number of amides is 1. The van der Waals surface area contributed by atoms with Crippen LogP contribution in [0.4, 0.5) is 5.69 Å². The topological polar surface area (TPSA) is 93.9 Å². The highest BCUT2D eigenvalue weighted by molar-refractivity contribution is 7.92. The fourth-order valence-electron chi connectivity index (χ4n) is 5.29. The molecule has 9 nitrogen and oxygen atoms in total. The number of halogens is 1. The minimum absolute atomic E-state index is 0.0117. The van der Waals surface area contributed by atoms with Crippen LogP contribution in [0.25, 0.3) is 5.69 Å². The van der Waals surface area contributed by atoms with Gasteiger partial charge in [0.2, 0.25) is 0 Å². The van der Waals surface area contributed by atoms with Crippen molar-refractivity contribution in [1.29, 1.82) is 0 Å². The van der Waals surface area contributed by atoms with Crippen molar-refractivity contribution in [3.8, 4) is 11.4 Å². The SMILES string of the molecule is Cc1c(N(C)S(=O)(=O)c2ccc(Cl)c(C(=O)N3CCc4cc(OCC(C)(C)C)ccc4C3)c2)c(=O)n(-c2ccccc2)n1C. The third-order valence-electron chi connectivity index (χ3n) is 7.81. The zero-order valence-corrected chi connectivity index (χ0v) is 27.4. The summed E-state index contributed by atoms with van der Waals surface area (Å²) >= 11 is 6.46. The van der Waals surface area contributed by atoms with E-state index in [1.165, 1.54) is 29.9 Å². The summed E-state index contributed by atoms with van der Waals surface area (Å²) in [6, 6.07) is 18.9. The first-order valence-corrected chi connectivity index (χ1v) is 16.2. The second-order valence-corrected chi connectivity index (χ2v) is 14.7. The predicted octanol–water partition coefficient (Wildman–Crippen LogP) is 5.59. The lowest BCUT2D eigenvalue weighted by Crippen LogP contribution is -2.36. The number of carbonyl (C=O) groups excluding carboxylic acids is 1. The maximum absolute atomic E-state index is 13.9. The average Bonchev–Trinajstić information content (AvgIpc) is 3.21. The summed E-state index contributed by atoms with van der Waals surface area (Å²) in [4.78, 5) is 28.7. The molecular weight excluding hydrogens is 600 g/mol. The van der Waals surface area contributed by atoms with E-state index in [1.807, 2.05) is 24.3 Å². The molecule has 11 heteroatoms. The van der Waals surface area contributed by atoms with Crippen LogP contribution in [-0.2, 0) is 30.0 Å². The molecule has 0 unspecified atom stereocenters. The van der Waals surface area contributed by atoms with Crippen molar-refractivity contribution in [2.75, 3.05) is 24.5 Å². The molecular formula is C33H37ClN4O5S. The molecule has 1 aliphatic rings. The Kier molecular flexibility index (Phi) is 8.43. The number of aromatic nitrogens is 2. The Balaban J connectivity index is 1.41. The number of hydrogen-bond donors (Lipinski definition) is 0. The number of para-hydroxylation sites is 1. The highest BCUT2D eigenvalue weighted by Gasteiger charge is 2.31. The molecule has 1 aliphatic heterocycles. The van der Waals surface area contributed by atoms with Crippen LogP contribution in [0.3, 0.4) is 0 Å². The average molecular weight is 637 g/mol. The van der Waals surface area contributed by atoms with Gasteiger partial charge in [0.15, 0.2) is 0 Å². The number of hydrogen-bond acceptors (Lipinski definition) is 5. The first-order valence-electron chi connectivity index (χ1n) is 14.4. The molecule has 0 saturated carbocycles. The van der Waals surface area contributed by atoms with Crippen molar-refractivity contribution in [2.24, 2.45) is 12.5 Å². The number of rotatable bonds is 7. The van der Waals surface area contributed by atoms with Crippen LogP contribution >= 0.6 is 11.6 Å². The van der Waals surface area contributed by atoms with Gasteiger partial charge in [0, 0.05) is 27.2 Å². The van der Waals surface area contributed by atoms with Gasteiger partial charge in [-0.1, -0.05) is 56.6 Å². The molecule has 4 aromatic rings. The molecule has 0 fully saturated rings. The molecule has 0 N–H and O–H groups in total. The zero-order chi connectivity index (χ0) is 32.0. The van der Waals surface area contributed by atoms with Gasteiger partial charge in [-0.3, -0.25) is 18.6 Å². The van der Waals surface area contributed by atoms with Crippen LogP contribution < -0.4 is 14.6 Å². The number of fused-ring (bicyclic) bond motifs is 1. The number of benzene rings is 3. The molecule has 44 heavy (non-hydrogen) atoms. The van der Waals surface area contributed by atoms with Gasteiger partial charge < -0.3 is 9.64 Å². The Labute approximate surface area is 263 Å². The van der Waals surface area contributed by atoms with Gasteiger partial charge in [0.1, 0.15) is 11.4 Å². The summed E-state index contributed by atoms with van der Waals surface area (Å²) in [5.41, 5.74) is 2.84. The number of sulfonamides is 1. The highest BCUT2D eigenvalue weighted by atomic mass is 35.5. The Morgan fingerprint density at radius 2 is 1.73 bits per heavy atom. The van der Waals surface area contributed by atoms with Gasteiger partial charge in [-0.25, -0.2) is 13.1 Å². The minimum atomic E-state index is -4.23. The molecule has 0 spiro atoms. The van der Waals surface area contributed by atoms with Crippen molar-refractivity contribution in [1.82, 2.24) is 14.3 Å². The molecule has 5 rings (SSSR count). The van der Waals surface area contributed by atoms with Crippen molar-refractivity contribution >= 4 is 33.2 Å². The lowest BCUT2D eigenvalue weighted by Gasteiger charge is -2.30. The third-order valence-corrected chi connectivity index (χ3v) is 9.90. The summed E-state index contributed by atoms with van der Waals surface area (Å²) in [5, 5.41) is 0.149. The molecule has 0 atom stereocenters. The summed E-state index contributed by atoms with van der Waals surface area (Å²) in [7, 11) is -1.20. The second-order valence-electron chi connectivity index (χ2n) is 12.3. The van der Waals surface area contributed by atoms with Crippen LogP contribution in [0, 0.1) is 12.3 Å². The maximum atomic E-state index is 13.9. The Morgan fingerprint density at radius 3 is 2.41 bits per heavy atom. The van der Waals surface area contributed by atoms with E-state index in [0.717, 1.165) is 21.2 Å². The van der Waals surface area contributed by atoms with Crippen LogP contribution in [0.2, 0.25) is 5.02 Å². The Hall–Kier alpha value is -4.02. The van der Waals surface area contributed by atoms with E-state index in [1.54, 1.807) is 47.8 Å². The van der Waals surface area contributed by atoms with Gasteiger partial charge >= 0.3 is 0 Å². The predicted molar refractivity (Wildman–Crippen MR) is 173 cm³/mol. The summed E-state index contributed by atoms with van der Waals surface area (Å²) in [6.45, 7) is 9.44. The lowest BCUT2D eigenvalue weighted by molar-refractivity contribution is 0.0734. The Bertz CT molecular complexity index is 1890. The van der Waals surface area contributed by atoms with E-state index < -0.39 is 15.6 Å². The quantitative estimate of drug-likeness (QED) is 0.264. The molecule has 1 aromatic heterocycles. The van der Waals surface area contributed by atoms with Crippen molar-refractivity contribution < 1.29 is 17.9 Å². The number of ether oxygens (including phenoxy) is 1. The summed E-state index contributed by atoms with van der Waals surface area (Å²) in [5.74, 6) is 0.434. The first kappa shape index (κ1) is 31.4. The molecule has 3 aromatic carbocycles. The smallest absolute Gasteiger partial charge is 0.296 e. The van der Waals surface area contributed by atoms with Gasteiger partial charge in [0.25, 0.3) is 21.5 Å². The number of carbonyl (C=O) groups is 1. The van der Waals surface area contributed by atoms with E-state index in [2.05, 4.69) is 20.8 Å². The van der Waals surface area contributed by atoms with E-state index in [-0.39, 0.29) is 32.5 Å². The largest absolute Gasteiger partial charge is 0.493 e. The molecule has 232 valence electrons. The minimum Gasteiger partial charge on any atom is -0.493 e. The van der Waals surface area contributed by atoms with Crippen LogP contribution in [-0.4, -0.2) is 48.8 Å². The number of nitrogens with zero attached hydrogens (tertiary/aromatic N) is 4. The van der Waals surface area contributed by atoms with E-state index in [9.17, 15) is 18.0 Å². The fraction of sp³-hybridized carbons (Fsp3) is 0.333. The van der Waals surface area contributed by atoms with Crippen LogP contribution in [0.5, 0.6) is 5.75 Å². The molecule has 0 aliphatic carbocycles. The maximum Gasteiger partial charge on any atom is 0.296 e. The highest BCUT2D eigenvalue weighted by Crippen LogP contribution is 2.30. The number of anilines is 1. The van der Waals surface area contributed by atoms with Gasteiger partial charge in [-0.05, 0) is 72.4 Å². The van der Waals surface area contributed by atoms with Crippen molar-refractivity contribution in [2.45, 2.75) is 45.6 Å². The molecule has 0 radical (unpaired) electrons. The Morgan fingerprint density at radius 1 is 1.02 bits per heavy atom. The monoisotopic (exact) mass is 636 g/mol. The summed E-state index contributed by atoms with van der Waals surface area (Å²) in [6.07, 6.45) is 0.632. The van der Waals surface area contributed by atoms with Crippen molar-refractivity contribution in [3.63, 3.8) is 0 Å². The van der Waals surface area contributed by atoms with Crippen LogP contribution in [0.15, 0.2) is 76.4 Å². The second kappa shape index (κ2) is 11.8. The third kappa shape index (κ3) is 6.01. The zero-order valence-electron chi connectivity index (χ0n) is 25.8. The lowest BCUT2D eigenvalue weighted by atomic mass is 9.97. The van der Waals surface area contributed by atoms with E-state index in [4.69, 9.17) is 16.3 Å². The van der Waals surface area contributed by atoms with Gasteiger partial charge in [-0.15, -0.1) is 0 Å². The fourth-order valence-corrected chi connectivity index (χ4v) is 6.76. The van der Waals surface area contributed by atoms with Gasteiger partial charge in [-0.2, -0.15) is 0 Å². The first-order chi connectivity index (χ1) is 20.7. The van der Waals surface area contributed by atoms with E-state index >= 15 is 0 Å². The molecule has 0 saturated heterocycles. The van der Waals surface area contributed by atoms with Crippen LogP contribution in [0.1, 0.15) is 48.0 Å². The molecule has 1 amide bonds. The molecule has 2 heterocycles. The van der Waals surface area contributed by atoms with Gasteiger partial charge in [0.05, 0.1) is 33.5 Å². The molecule has 0 bridgehead atoms. The standard InChI is InChI=1S/C33H37ClN4O5S/c1-22-30(32(40)38(35(22)5)25-10-8-7-9-11-25)36(6)44(41,42)27-14-15-29(34)28(19-27)31(39)37-17-16-23-18-26(13-12-24(23)20-37)43-21-33(2,3)4/h7-15,18-19H,16-17,20-21H2,1-6H3.